The highest BCUT2D eigenvalue weighted by Gasteiger charge is 2.12. The number of nitrogen functional groups attached to an aromatic ring is 1. The Labute approximate surface area is 121 Å². The summed E-state index contributed by atoms with van der Waals surface area (Å²) in [6, 6.07) is 0.392. The molecule has 7 nitrogen and oxygen atoms in total. The zero-order valence-electron chi connectivity index (χ0n) is 13.0. The molecule has 0 aliphatic heterocycles. The highest BCUT2D eigenvalue weighted by molar-refractivity contribution is 5.42. The summed E-state index contributed by atoms with van der Waals surface area (Å²) in [5.74, 6) is 6.94. The molecule has 0 bridgehead atoms. The highest BCUT2D eigenvalue weighted by atomic mass is 15.4. The second-order valence-electron chi connectivity index (χ2n) is 5.09. The maximum atomic E-state index is 5.41. The van der Waals surface area contributed by atoms with Crippen LogP contribution in [0.25, 0.3) is 0 Å². The molecule has 1 unspecified atom stereocenters. The van der Waals surface area contributed by atoms with Crippen LogP contribution in [0.3, 0.4) is 0 Å². The molecule has 0 spiro atoms. The van der Waals surface area contributed by atoms with Gasteiger partial charge < -0.3 is 10.2 Å². The van der Waals surface area contributed by atoms with E-state index in [1.165, 1.54) is 12.8 Å². The number of unbranched alkanes of at least 4 members (excludes halogenated alkanes) is 1. The van der Waals surface area contributed by atoms with Crippen molar-refractivity contribution in [3.8, 4) is 0 Å². The van der Waals surface area contributed by atoms with Gasteiger partial charge in [-0.25, -0.2) is 5.84 Å². The van der Waals surface area contributed by atoms with Crippen molar-refractivity contribution in [2.75, 3.05) is 29.7 Å². The molecule has 4 N–H and O–H groups in total. The molecule has 20 heavy (non-hydrogen) atoms. The lowest BCUT2D eigenvalue weighted by Gasteiger charge is -2.19. The van der Waals surface area contributed by atoms with Crippen molar-refractivity contribution in [3.63, 3.8) is 0 Å². The SMILES string of the molecule is CCCCC(CCC)Nc1nc(NN)nc(N(C)C)n1. The predicted octanol–water partition coefficient (Wildman–Crippen LogP) is 1.99. The van der Waals surface area contributed by atoms with Crippen LogP contribution in [-0.2, 0) is 0 Å². The van der Waals surface area contributed by atoms with Gasteiger partial charge in [0.25, 0.3) is 0 Å². The molecule has 0 fully saturated rings. The minimum absolute atomic E-state index is 0.372. The molecule has 1 atom stereocenters. The van der Waals surface area contributed by atoms with Crippen LogP contribution in [0.1, 0.15) is 46.0 Å². The molecule has 0 radical (unpaired) electrons. The van der Waals surface area contributed by atoms with Gasteiger partial charge in [-0.15, -0.1) is 0 Å². The molecule has 0 saturated carbocycles. The van der Waals surface area contributed by atoms with Crippen LogP contribution >= 0.6 is 0 Å². The first-order chi connectivity index (χ1) is 9.60. The zero-order valence-corrected chi connectivity index (χ0v) is 13.0. The van der Waals surface area contributed by atoms with Crippen LogP contribution in [0, 0.1) is 0 Å². The van der Waals surface area contributed by atoms with Gasteiger partial charge in [0.2, 0.25) is 17.8 Å². The predicted molar refractivity (Wildman–Crippen MR) is 83.8 cm³/mol. The summed E-state index contributed by atoms with van der Waals surface area (Å²) >= 11 is 0. The van der Waals surface area contributed by atoms with E-state index in [1.54, 1.807) is 0 Å². The molecule has 0 amide bonds. The van der Waals surface area contributed by atoms with Crippen molar-refractivity contribution < 1.29 is 0 Å². The minimum Gasteiger partial charge on any atom is -0.351 e. The van der Waals surface area contributed by atoms with E-state index in [-0.39, 0.29) is 0 Å². The second kappa shape index (κ2) is 8.52. The van der Waals surface area contributed by atoms with E-state index in [4.69, 9.17) is 5.84 Å². The first kappa shape index (κ1) is 16.4. The van der Waals surface area contributed by atoms with E-state index >= 15 is 0 Å². The van der Waals surface area contributed by atoms with Crippen LogP contribution in [0.2, 0.25) is 0 Å². The fourth-order valence-corrected chi connectivity index (χ4v) is 1.96. The highest BCUT2D eigenvalue weighted by Crippen LogP contribution is 2.15. The van der Waals surface area contributed by atoms with Gasteiger partial charge in [0, 0.05) is 20.1 Å². The second-order valence-corrected chi connectivity index (χ2v) is 5.09. The molecule has 1 aromatic heterocycles. The molecule has 114 valence electrons. The van der Waals surface area contributed by atoms with Crippen molar-refractivity contribution >= 4 is 17.8 Å². The van der Waals surface area contributed by atoms with Gasteiger partial charge in [-0.2, -0.15) is 15.0 Å². The number of nitrogens with one attached hydrogen (secondary N) is 2. The van der Waals surface area contributed by atoms with E-state index in [1.807, 2.05) is 19.0 Å². The third kappa shape index (κ3) is 5.16. The Morgan fingerprint density at radius 1 is 1.05 bits per heavy atom. The van der Waals surface area contributed by atoms with Crippen LogP contribution < -0.4 is 21.5 Å². The van der Waals surface area contributed by atoms with Crippen LogP contribution in [-0.4, -0.2) is 35.1 Å². The van der Waals surface area contributed by atoms with Gasteiger partial charge in [-0.05, 0) is 12.8 Å². The molecular formula is C13H27N7. The van der Waals surface area contributed by atoms with Gasteiger partial charge >= 0.3 is 0 Å². The van der Waals surface area contributed by atoms with E-state index in [0.717, 1.165) is 19.3 Å². The minimum atomic E-state index is 0.372. The third-order valence-corrected chi connectivity index (χ3v) is 3.03. The summed E-state index contributed by atoms with van der Waals surface area (Å²) < 4.78 is 0. The lowest BCUT2D eigenvalue weighted by Crippen LogP contribution is -2.24. The van der Waals surface area contributed by atoms with Gasteiger partial charge in [-0.1, -0.05) is 33.1 Å². The smallest absolute Gasteiger partial charge is 0.243 e. The first-order valence-corrected chi connectivity index (χ1v) is 7.27. The third-order valence-electron chi connectivity index (χ3n) is 3.03. The lowest BCUT2D eigenvalue weighted by atomic mass is 10.1. The van der Waals surface area contributed by atoms with Crippen molar-refractivity contribution in [1.29, 1.82) is 0 Å². The Hall–Kier alpha value is -1.63. The van der Waals surface area contributed by atoms with Crippen molar-refractivity contribution in [3.05, 3.63) is 0 Å². The fraction of sp³-hybridized carbons (Fsp3) is 0.769. The molecule has 1 rings (SSSR count). The van der Waals surface area contributed by atoms with Crippen LogP contribution in [0.5, 0.6) is 0 Å². The number of rotatable bonds is 9. The molecule has 1 heterocycles. The maximum absolute atomic E-state index is 5.41. The van der Waals surface area contributed by atoms with Crippen LogP contribution in [0.4, 0.5) is 17.8 Å². The van der Waals surface area contributed by atoms with E-state index < -0.39 is 0 Å². The Kier molecular flexibility index (Phi) is 7.00. The maximum Gasteiger partial charge on any atom is 0.243 e. The number of nitrogens with two attached hydrogens (primary N) is 1. The topological polar surface area (TPSA) is 92.0 Å². The van der Waals surface area contributed by atoms with E-state index in [9.17, 15) is 0 Å². The van der Waals surface area contributed by atoms with Gasteiger partial charge in [0.05, 0.1) is 0 Å². The number of hydrogen-bond acceptors (Lipinski definition) is 7. The molecule has 0 aromatic carbocycles. The number of hydrogen-bond donors (Lipinski definition) is 3. The van der Waals surface area contributed by atoms with Crippen molar-refractivity contribution in [2.24, 2.45) is 5.84 Å². The largest absolute Gasteiger partial charge is 0.351 e. The first-order valence-electron chi connectivity index (χ1n) is 7.27. The van der Waals surface area contributed by atoms with E-state index in [2.05, 4.69) is 39.5 Å². The Balaban J connectivity index is 2.84. The number of nitrogens with zero attached hydrogens (tertiary/aromatic N) is 4. The van der Waals surface area contributed by atoms with Gasteiger partial charge in [-0.3, -0.25) is 5.43 Å². The normalized spacial score (nSPS) is 12.1. The Morgan fingerprint density at radius 2 is 1.75 bits per heavy atom. The molecule has 7 heteroatoms. The fourth-order valence-electron chi connectivity index (χ4n) is 1.96. The summed E-state index contributed by atoms with van der Waals surface area (Å²) in [5, 5.41) is 3.40. The van der Waals surface area contributed by atoms with Crippen molar-refractivity contribution in [1.82, 2.24) is 15.0 Å². The number of hydrazine groups is 1. The van der Waals surface area contributed by atoms with Gasteiger partial charge in [0.15, 0.2) is 0 Å². The van der Waals surface area contributed by atoms with Gasteiger partial charge in [0.1, 0.15) is 0 Å². The molecule has 0 aliphatic carbocycles. The standard InChI is InChI=1S/C13H27N7/c1-5-7-9-10(8-6-2)15-11-16-12(19-14)18-13(17-11)20(3)4/h10H,5-9,14H2,1-4H3,(H2,15,16,17,18,19). The average molecular weight is 281 g/mol. The summed E-state index contributed by atoms with van der Waals surface area (Å²) in [6.45, 7) is 4.39. The molecule has 0 saturated heterocycles. The summed E-state index contributed by atoms with van der Waals surface area (Å²) in [6.07, 6.45) is 5.75. The summed E-state index contributed by atoms with van der Waals surface area (Å²) in [7, 11) is 3.78. The average Bonchev–Trinajstić information content (AvgIpc) is 2.44. The zero-order chi connectivity index (χ0) is 15.0. The molecule has 0 aliphatic rings. The van der Waals surface area contributed by atoms with E-state index in [0.29, 0.717) is 23.9 Å². The van der Waals surface area contributed by atoms with Crippen LogP contribution in [0.15, 0.2) is 0 Å². The molecule has 1 aromatic rings. The van der Waals surface area contributed by atoms with Crippen molar-refractivity contribution in [2.45, 2.75) is 52.0 Å². The number of aromatic nitrogens is 3. The lowest BCUT2D eigenvalue weighted by molar-refractivity contribution is 0.560. The monoisotopic (exact) mass is 281 g/mol. The summed E-state index contributed by atoms with van der Waals surface area (Å²) in [4.78, 5) is 14.7. The number of anilines is 3. The Morgan fingerprint density at radius 3 is 2.30 bits per heavy atom. The summed E-state index contributed by atoms with van der Waals surface area (Å²) in [5.41, 5.74) is 2.48. The quantitative estimate of drug-likeness (QED) is 0.471. The molecular weight excluding hydrogens is 254 g/mol. The Bertz CT molecular complexity index is 394.